The van der Waals surface area contributed by atoms with E-state index in [4.69, 9.17) is 14.2 Å². The zero-order chi connectivity index (χ0) is 33.8. The van der Waals surface area contributed by atoms with Crippen LogP contribution in [0.25, 0.3) is 22.0 Å². The van der Waals surface area contributed by atoms with Crippen molar-refractivity contribution in [2.24, 2.45) is 0 Å². The number of hydrogen-bond acceptors (Lipinski definition) is 7. The van der Waals surface area contributed by atoms with Gasteiger partial charge in [0, 0.05) is 48.6 Å². The molecule has 3 N–H and O–H groups in total. The molecule has 2 amide bonds. The average Bonchev–Trinajstić information content (AvgIpc) is 3.30. The summed E-state index contributed by atoms with van der Waals surface area (Å²) in [7, 11) is 4.74. The van der Waals surface area contributed by atoms with Gasteiger partial charge in [0.1, 0.15) is 0 Å². The summed E-state index contributed by atoms with van der Waals surface area (Å²) >= 11 is 0. The van der Waals surface area contributed by atoms with Gasteiger partial charge in [0.05, 0.1) is 39.6 Å². The maximum atomic E-state index is 13.5. The first-order valence-corrected chi connectivity index (χ1v) is 16.7. The van der Waals surface area contributed by atoms with Gasteiger partial charge in [0.25, 0.3) is 0 Å². The third-order valence-corrected chi connectivity index (χ3v) is 9.53. The maximum Gasteiger partial charge on any atom is 0.222 e. The molecule has 1 aliphatic carbocycles. The lowest BCUT2D eigenvalue weighted by molar-refractivity contribution is -0.132. The van der Waals surface area contributed by atoms with Gasteiger partial charge in [-0.25, -0.2) is 0 Å². The fraction of sp³-hybridized carbons (Fsp3) is 0.395. The Hall–Kier alpha value is -4.99. The highest BCUT2D eigenvalue weighted by Gasteiger charge is 2.29. The topological polar surface area (TPSA) is 122 Å². The molecule has 1 atom stereocenters. The number of nitrogens with zero attached hydrogens (tertiary/aromatic N) is 1. The second-order valence-corrected chi connectivity index (χ2v) is 12.5. The molecule has 6 rings (SSSR count). The van der Waals surface area contributed by atoms with E-state index in [1.165, 1.54) is 17.9 Å². The number of H-pyrrole nitrogens is 1. The first-order chi connectivity index (χ1) is 23.3. The molecule has 0 unspecified atom stereocenters. The summed E-state index contributed by atoms with van der Waals surface area (Å²) in [6.45, 7) is 3.46. The molecule has 0 saturated heterocycles. The van der Waals surface area contributed by atoms with E-state index in [1.54, 1.807) is 33.5 Å². The Bertz CT molecular complexity index is 1900. The molecular weight excluding hydrogens is 608 g/mol. The van der Waals surface area contributed by atoms with Crippen molar-refractivity contribution in [3.05, 3.63) is 81.1 Å². The lowest BCUT2D eigenvalue weighted by atomic mass is 9.95. The number of carbonyl (C=O) groups is 2. The minimum Gasteiger partial charge on any atom is -0.493 e. The molecule has 0 fully saturated rings. The van der Waals surface area contributed by atoms with Crippen LogP contribution in [-0.2, 0) is 29.0 Å². The number of rotatable bonds is 11. The standard InChI is InChI=1S/C38H44N4O6/c1-23(43)40-30-15-13-24-20-34(46-2)37(47-3)38(48-4)36(24)27-14-16-31(33(44)21-28(27)30)39-18-9-5-6-12-35(45)42-19-17-26-25-10-7-8-11-29(25)41-32(26)22-42/h7-8,10-11,14,16,20-21,30,41H,5-6,9,12-13,15,17-19,22H2,1-4H3,(H,39,44)(H,40,43)/t30-/m0/s1. The summed E-state index contributed by atoms with van der Waals surface area (Å²) in [5.74, 6) is 1.56. The number of amides is 2. The molecule has 0 saturated carbocycles. The summed E-state index contributed by atoms with van der Waals surface area (Å²) in [4.78, 5) is 44.2. The van der Waals surface area contributed by atoms with Crippen molar-refractivity contribution in [3.63, 3.8) is 0 Å². The van der Waals surface area contributed by atoms with Crippen molar-refractivity contribution in [2.45, 2.75) is 64.5 Å². The van der Waals surface area contributed by atoms with Gasteiger partial charge in [0.15, 0.2) is 11.5 Å². The Morgan fingerprint density at radius 1 is 0.958 bits per heavy atom. The quantitative estimate of drug-likeness (QED) is 0.173. The van der Waals surface area contributed by atoms with E-state index in [0.29, 0.717) is 55.3 Å². The number of aromatic amines is 1. The number of fused-ring (bicyclic) bond motifs is 6. The molecule has 1 aliphatic heterocycles. The van der Waals surface area contributed by atoms with Gasteiger partial charge in [-0.3, -0.25) is 14.4 Å². The van der Waals surface area contributed by atoms with Crippen LogP contribution in [0, 0.1) is 0 Å². The number of anilines is 1. The minimum atomic E-state index is -0.361. The van der Waals surface area contributed by atoms with E-state index < -0.39 is 0 Å². The Morgan fingerprint density at radius 2 is 1.77 bits per heavy atom. The van der Waals surface area contributed by atoms with E-state index in [0.717, 1.165) is 65.7 Å². The number of carbonyl (C=O) groups excluding carboxylic acids is 2. The molecule has 3 aromatic carbocycles. The highest BCUT2D eigenvalue weighted by atomic mass is 16.5. The second-order valence-electron chi connectivity index (χ2n) is 12.5. The summed E-state index contributed by atoms with van der Waals surface area (Å²) in [6, 6.07) is 15.2. The molecule has 2 aliphatic rings. The summed E-state index contributed by atoms with van der Waals surface area (Å²) in [6.07, 6.45) is 5.09. The molecular formula is C38H44N4O6. The van der Waals surface area contributed by atoms with Crippen molar-refractivity contribution >= 4 is 28.4 Å². The number of aryl methyl sites for hydroxylation is 1. The molecule has 1 aromatic heterocycles. The maximum absolute atomic E-state index is 13.5. The fourth-order valence-electron chi connectivity index (χ4n) is 7.22. The SMILES string of the molecule is COc1cc2c(c(OC)c1OC)-c1ccc(NCCCCCC(=O)N3CCc4c([nH]c5ccccc45)C3)c(=O)cc1[C@@H](NC(C)=O)CC2. The van der Waals surface area contributed by atoms with Crippen LogP contribution in [-0.4, -0.2) is 56.1 Å². The van der Waals surface area contributed by atoms with Crippen LogP contribution in [0.3, 0.4) is 0 Å². The second kappa shape index (κ2) is 14.4. The molecule has 10 nitrogen and oxygen atoms in total. The first-order valence-electron chi connectivity index (χ1n) is 16.7. The molecule has 2 heterocycles. The summed E-state index contributed by atoms with van der Waals surface area (Å²) in [5, 5.41) is 7.62. The van der Waals surface area contributed by atoms with Crippen molar-refractivity contribution in [1.29, 1.82) is 0 Å². The third kappa shape index (κ3) is 6.56. The number of para-hydroxylation sites is 1. The largest absolute Gasteiger partial charge is 0.493 e. The van der Waals surface area contributed by atoms with Crippen molar-refractivity contribution in [2.75, 3.05) is 39.7 Å². The summed E-state index contributed by atoms with van der Waals surface area (Å²) in [5.41, 5.74) is 7.24. The van der Waals surface area contributed by atoms with Gasteiger partial charge in [-0.05, 0) is 78.6 Å². The Labute approximate surface area is 280 Å². The highest BCUT2D eigenvalue weighted by Crippen LogP contribution is 2.50. The van der Waals surface area contributed by atoms with Crippen LogP contribution >= 0.6 is 0 Å². The highest BCUT2D eigenvalue weighted by molar-refractivity contribution is 5.86. The number of unbranched alkanes of at least 4 members (excludes halogenated alkanes) is 2. The van der Waals surface area contributed by atoms with Gasteiger partial charge < -0.3 is 34.7 Å². The molecule has 0 spiro atoms. The fourth-order valence-corrected chi connectivity index (χ4v) is 7.22. The Kier molecular flexibility index (Phi) is 9.89. The molecule has 0 bridgehead atoms. The number of aromatic nitrogens is 1. The average molecular weight is 653 g/mol. The number of nitrogens with one attached hydrogen (secondary N) is 3. The van der Waals surface area contributed by atoms with Gasteiger partial charge in [-0.2, -0.15) is 0 Å². The number of methoxy groups -OCH3 is 3. The number of ether oxygens (including phenoxy) is 3. The van der Waals surface area contributed by atoms with Crippen LogP contribution in [0.1, 0.15) is 67.5 Å². The van der Waals surface area contributed by atoms with Gasteiger partial charge >= 0.3 is 0 Å². The Morgan fingerprint density at radius 3 is 2.54 bits per heavy atom. The van der Waals surface area contributed by atoms with Crippen molar-refractivity contribution in [3.8, 4) is 28.4 Å². The number of hydrogen-bond donors (Lipinski definition) is 3. The zero-order valence-electron chi connectivity index (χ0n) is 28.2. The van der Waals surface area contributed by atoms with E-state index in [-0.39, 0.29) is 23.3 Å². The molecule has 10 heteroatoms. The molecule has 48 heavy (non-hydrogen) atoms. The predicted molar refractivity (Wildman–Crippen MR) is 187 cm³/mol. The summed E-state index contributed by atoms with van der Waals surface area (Å²) < 4.78 is 17.2. The first kappa shape index (κ1) is 32.9. The van der Waals surface area contributed by atoms with E-state index in [2.05, 4.69) is 33.8 Å². The monoisotopic (exact) mass is 652 g/mol. The van der Waals surface area contributed by atoms with E-state index >= 15 is 0 Å². The van der Waals surface area contributed by atoms with Crippen LogP contribution in [0.2, 0.25) is 0 Å². The van der Waals surface area contributed by atoms with E-state index in [1.807, 2.05) is 23.1 Å². The van der Waals surface area contributed by atoms with Crippen molar-refractivity contribution < 1.29 is 23.8 Å². The Balaban J connectivity index is 1.12. The minimum absolute atomic E-state index is 0.161. The van der Waals surface area contributed by atoms with Crippen LogP contribution in [0.15, 0.2) is 53.3 Å². The molecule has 252 valence electrons. The lowest BCUT2D eigenvalue weighted by Crippen LogP contribution is -2.35. The zero-order valence-corrected chi connectivity index (χ0v) is 28.2. The lowest BCUT2D eigenvalue weighted by Gasteiger charge is -2.27. The van der Waals surface area contributed by atoms with Gasteiger partial charge in [-0.1, -0.05) is 30.7 Å². The van der Waals surface area contributed by atoms with E-state index in [9.17, 15) is 14.4 Å². The van der Waals surface area contributed by atoms with Crippen molar-refractivity contribution in [1.82, 2.24) is 15.2 Å². The van der Waals surface area contributed by atoms with Crippen LogP contribution < -0.4 is 30.3 Å². The normalized spacial score (nSPS) is 15.1. The smallest absolute Gasteiger partial charge is 0.222 e. The van der Waals surface area contributed by atoms with Gasteiger partial charge in [0.2, 0.25) is 23.0 Å². The van der Waals surface area contributed by atoms with Crippen LogP contribution in [0.5, 0.6) is 17.2 Å². The predicted octanol–water partition coefficient (Wildman–Crippen LogP) is 5.90. The number of benzene rings is 2. The molecule has 4 aromatic rings. The molecule has 0 radical (unpaired) electrons. The van der Waals surface area contributed by atoms with Crippen LogP contribution in [0.4, 0.5) is 5.69 Å². The van der Waals surface area contributed by atoms with Gasteiger partial charge in [-0.15, -0.1) is 0 Å². The third-order valence-electron chi connectivity index (χ3n) is 9.53.